The number of hydrogen-bond donors (Lipinski definition) is 1. The molecule has 0 amide bonds. The first kappa shape index (κ1) is 10.2. The van der Waals surface area contributed by atoms with Crippen LogP contribution >= 0.6 is 11.8 Å². The van der Waals surface area contributed by atoms with Crippen LogP contribution in [0.3, 0.4) is 0 Å². The lowest BCUT2D eigenvalue weighted by molar-refractivity contribution is 0.271. The van der Waals surface area contributed by atoms with Gasteiger partial charge in [-0.05, 0) is 0 Å². The monoisotopic (exact) mass is 226 g/mol. The topological polar surface area (TPSA) is 77.0 Å². The molecule has 7 heteroatoms. The maximum absolute atomic E-state index is 8.97. The fourth-order valence-corrected chi connectivity index (χ4v) is 1.92. The van der Waals surface area contributed by atoms with Crippen molar-refractivity contribution in [1.29, 1.82) is 0 Å². The third-order valence-corrected chi connectivity index (χ3v) is 2.98. The fourth-order valence-electron chi connectivity index (χ4n) is 1.09. The van der Waals surface area contributed by atoms with Gasteiger partial charge in [0.05, 0.1) is 24.3 Å². The molecule has 0 saturated carbocycles. The molecule has 1 N–H and O–H groups in total. The van der Waals surface area contributed by atoms with Gasteiger partial charge in [-0.2, -0.15) is 4.98 Å². The maximum Gasteiger partial charge on any atom is 0.213 e. The van der Waals surface area contributed by atoms with Crippen LogP contribution in [0.1, 0.15) is 11.5 Å². The largest absolute Gasteiger partial charge is 0.390 e. The summed E-state index contributed by atoms with van der Waals surface area (Å²) in [6, 6.07) is 0. The van der Waals surface area contributed by atoms with Gasteiger partial charge in [0, 0.05) is 7.05 Å². The van der Waals surface area contributed by atoms with E-state index in [4.69, 9.17) is 5.11 Å². The highest BCUT2D eigenvalue weighted by molar-refractivity contribution is 7.98. The molecule has 0 saturated heterocycles. The third-order valence-electron chi connectivity index (χ3n) is 1.94. The average molecular weight is 226 g/mol. The molecule has 0 aliphatic rings. The number of thioether (sulfide) groups is 1. The van der Waals surface area contributed by atoms with Crippen molar-refractivity contribution in [3.8, 4) is 0 Å². The molecule has 0 aliphatic heterocycles. The highest BCUT2D eigenvalue weighted by Gasteiger charge is 2.07. The Morgan fingerprint density at radius 3 is 3.00 bits per heavy atom. The second kappa shape index (κ2) is 4.45. The summed E-state index contributed by atoms with van der Waals surface area (Å²) in [7, 11) is 1.86. The summed E-state index contributed by atoms with van der Waals surface area (Å²) in [4.78, 5) is 8.07. The van der Waals surface area contributed by atoms with Crippen LogP contribution in [0.25, 0.3) is 0 Å². The van der Waals surface area contributed by atoms with Crippen LogP contribution in [0.15, 0.2) is 22.3 Å². The van der Waals surface area contributed by atoms with Crippen LogP contribution < -0.4 is 0 Å². The first-order valence-electron chi connectivity index (χ1n) is 4.30. The molecule has 0 unspecified atom stereocenters. The Hall–Kier alpha value is -1.34. The van der Waals surface area contributed by atoms with Gasteiger partial charge >= 0.3 is 0 Å². The smallest absolute Gasteiger partial charge is 0.213 e. The van der Waals surface area contributed by atoms with E-state index in [1.165, 1.54) is 18.2 Å². The van der Waals surface area contributed by atoms with E-state index in [1.807, 2.05) is 11.6 Å². The van der Waals surface area contributed by atoms with Crippen molar-refractivity contribution < 1.29 is 9.63 Å². The molecule has 2 aromatic heterocycles. The van der Waals surface area contributed by atoms with Gasteiger partial charge in [0.1, 0.15) is 0 Å². The highest BCUT2D eigenvalue weighted by atomic mass is 32.2. The van der Waals surface area contributed by atoms with Crippen molar-refractivity contribution in [2.24, 2.45) is 7.05 Å². The molecule has 0 bridgehead atoms. The van der Waals surface area contributed by atoms with Crippen molar-refractivity contribution in [3.63, 3.8) is 0 Å². The van der Waals surface area contributed by atoms with Gasteiger partial charge in [-0.15, -0.1) is 0 Å². The van der Waals surface area contributed by atoms with E-state index >= 15 is 0 Å². The van der Waals surface area contributed by atoms with Crippen LogP contribution in [-0.4, -0.2) is 24.8 Å². The first-order chi connectivity index (χ1) is 7.31. The summed E-state index contributed by atoms with van der Waals surface area (Å²) in [5.74, 6) is 1.24. The average Bonchev–Trinajstić information content (AvgIpc) is 2.85. The zero-order chi connectivity index (χ0) is 10.7. The summed E-state index contributed by atoms with van der Waals surface area (Å²) < 4.78 is 6.46. The van der Waals surface area contributed by atoms with Gasteiger partial charge in [0.2, 0.25) is 6.39 Å². The van der Waals surface area contributed by atoms with E-state index in [0.717, 1.165) is 10.9 Å². The quantitative estimate of drug-likeness (QED) is 0.769. The van der Waals surface area contributed by atoms with E-state index in [0.29, 0.717) is 11.6 Å². The molecular weight excluding hydrogens is 216 g/mol. The van der Waals surface area contributed by atoms with Gasteiger partial charge in [-0.25, -0.2) is 4.98 Å². The van der Waals surface area contributed by atoms with Gasteiger partial charge in [-0.1, -0.05) is 16.9 Å². The Bertz CT molecular complexity index is 426. The predicted molar refractivity (Wildman–Crippen MR) is 53.0 cm³/mol. The van der Waals surface area contributed by atoms with Crippen molar-refractivity contribution >= 4 is 11.8 Å². The maximum atomic E-state index is 8.97. The Balaban J connectivity index is 2.02. The minimum Gasteiger partial charge on any atom is -0.390 e. The number of aromatic nitrogens is 4. The second-order valence-electron chi connectivity index (χ2n) is 2.89. The summed E-state index contributed by atoms with van der Waals surface area (Å²) in [6.07, 6.45) is 2.95. The molecule has 2 aromatic rings. The summed E-state index contributed by atoms with van der Waals surface area (Å²) in [6.45, 7) is -0.00767. The SMILES string of the molecule is Cn1c(CO)cnc1SCc1ncon1. The zero-order valence-electron chi connectivity index (χ0n) is 8.12. The molecular formula is C8H10N4O2S. The molecule has 2 heterocycles. The first-order valence-corrected chi connectivity index (χ1v) is 5.29. The summed E-state index contributed by atoms with van der Waals surface area (Å²) >= 11 is 1.50. The van der Waals surface area contributed by atoms with Crippen molar-refractivity contribution in [1.82, 2.24) is 19.7 Å². The number of aliphatic hydroxyl groups is 1. The summed E-state index contributed by atoms with van der Waals surface area (Å²) in [5.41, 5.74) is 0.783. The van der Waals surface area contributed by atoms with Crippen molar-refractivity contribution in [3.05, 3.63) is 24.1 Å². The molecule has 0 atom stereocenters. The van der Waals surface area contributed by atoms with E-state index in [9.17, 15) is 0 Å². The predicted octanol–water partition coefficient (Wildman–Crippen LogP) is 0.588. The van der Waals surface area contributed by atoms with Gasteiger partial charge in [0.15, 0.2) is 11.0 Å². The Kier molecular flexibility index (Phi) is 3.02. The third kappa shape index (κ3) is 2.18. The Labute approximate surface area is 90.3 Å². The van der Waals surface area contributed by atoms with Gasteiger partial charge in [0.25, 0.3) is 0 Å². The van der Waals surface area contributed by atoms with Crippen molar-refractivity contribution in [2.45, 2.75) is 17.5 Å². The number of hydrogen-bond acceptors (Lipinski definition) is 6. The molecule has 0 fully saturated rings. The lowest BCUT2D eigenvalue weighted by atomic mass is 10.5. The zero-order valence-corrected chi connectivity index (χ0v) is 8.94. The number of nitrogens with zero attached hydrogens (tertiary/aromatic N) is 4. The Morgan fingerprint density at radius 2 is 2.40 bits per heavy atom. The normalized spacial score (nSPS) is 10.8. The van der Waals surface area contributed by atoms with Crippen LogP contribution in [-0.2, 0) is 19.4 Å². The molecule has 6 nitrogen and oxygen atoms in total. The van der Waals surface area contributed by atoms with Crippen LogP contribution in [0, 0.1) is 0 Å². The number of aliphatic hydroxyl groups excluding tert-OH is 1. The second-order valence-corrected chi connectivity index (χ2v) is 3.83. The lowest BCUT2D eigenvalue weighted by Gasteiger charge is -2.01. The number of rotatable bonds is 4. The fraction of sp³-hybridized carbons (Fsp3) is 0.375. The number of imidazole rings is 1. The van der Waals surface area contributed by atoms with Gasteiger partial charge < -0.3 is 14.2 Å². The van der Waals surface area contributed by atoms with Gasteiger partial charge in [-0.3, -0.25) is 0 Å². The molecule has 15 heavy (non-hydrogen) atoms. The minimum absolute atomic E-state index is 0.00767. The molecule has 0 spiro atoms. The van der Waals surface area contributed by atoms with E-state index < -0.39 is 0 Å². The molecule has 0 aliphatic carbocycles. The highest BCUT2D eigenvalue weighted by Crippen LogP contribution is 2.20. The molecule has 0 aromatic carbocycles. The van der Waals surface area contributed by atoms with E-state index in [1.54, 1.807) is 6.20 Å². The van der Waals surface area contributed by atoms with E-state index in [-0.39, 0.29) is 6.61 Å². The molecule has 2 rings (SSSR count). The Morgan fingerprint density at radius 1 is 1.53 bits per heavy atom. The lowest BCUT2D eigenvalue weighted by Crippen LogP contribution is -1.97. The van der Waals surface area contributed by atoms with Crippen LogP contribution in [0.2, 0.25) is 0 Å². The molecule has 80 valence electrons. The molecule has 0 radical (unpaired) electrons. The van der Waals surface area contributed by atoms with E-state index in [2.05, 4.69) is 19.6 Å². The van der Waals surface area contributed by atoms with Crippen molar-refractivity contribution in [2.75, 3.05) is 0 Å². The van der Waals surface area contributed by atoms with Crippen LogP contribution in [0.4, 0.5) is 0 Å². The standard InChI is InChI=1S/C8H10N4O2S/c1-12-6(3-13)2-9-8(12)15-4-7-10-5-14-11-7/h2,5,13H,3-4H2,1H3. The summed E-state index contributed by atoms with van der Waals surface area (Å²) in [5, 5.41) is 13.5. The van der Waals surface area contributed by atoms with Crippen LogP contribution in [0.5, 0.6) is 0 Å². The minimum atomic E-state index is -0.00767.